The fourth-order valence-electron chi connectivity index (χ4n) is 1.83. The van der Waals surface area contributed by atoms with Crippen LogP contribution in [0.15, 0.2) is 22.5 Å². The Kier molecular flexibility index (Phi) is 5.41. The number of aromatic nitrogens is 2. The lowest BCUT2D eigenvalue weighted by atomic mass is 10.3. The molecule has 3 rings (SSSR count). The van der Waals surface area contributed by atoms with Crippen molar-refractivity contribution in [1.82, 2.24) is 10.2 Å². The van der Waals surface area contributed by atoms with Crippen molar-refractivity contribution in [3.8, 4) is 17.2 Å². The molecule has 1 aromatic carbocycles. The molecule has 1 amide bonds. The van der Waals surface area contributed by atoms with Gasteiger partial charge in [-0.25, -0.2) is 0 Å². The van der Waals surface area contributed by atoms with Gasteiger partial charge in [0, 0.05) is 11.3 Å². The van der Waals surface area contributed by atoms with Crippen molar-refractivity contribution < 1.29 is 19.0 Å². The van der Waals surface area contributed by atoms with E-state index < -0.39 is 0 Å². The van der Waals surface area contributed by atoms with Crippen LogP contribution in [0.1, 0.15) is 20.3 Å². The van der Waals surface area contributed by atoms with Gasteiger partial charge in [0.15, 0.2) is 22.4 Å². The molecule has 0 radical (unpaired) electrons. The van der Waals surface area contributed by atoms with Gasteiger partial charge in [0.05, 0.1) is 0 Å². The molecule has 1 aliphatic heterocycles. The molecule has 1 aromatic heterocycles. The molecule has 24 heavy (non-hydrogen) atoms. The number of nitrogens with zero attached hydrogens (tertiary/aromatic N) is 2. The third-order valence-corrected chi connectivity index (χ3v) is 5.43. The van der Waals surface area contributed by atoms with Crippen LogP contribution in [0.4, 0.5) is 5.13 Å². The summed E-state index contributed by atoms with van der Waals surface area (Å²) in [6, 6.07) is 5.17. The fraction of sp³-hybridized carbons (Fsp3) is 0.400. The molecule has 0 aliphatic carbocycles. The van der Waals surface area contributed by atoms with Gasteiger partial charge >= 0.3 is 0 Å². The van der Waals surface area contributed by atoms with Gasteiger partial charge in [-0.15, -0.1) is 10.2 Å². The summed E-state index contributed by atoms with van der Waals surface area (Å²) in [6.45, 7) is 4.33. The van der Waals surface area contributed by atoms with Crippen LogP contribution in [0.2, 0.25) is 0 Å². The summed E-state index contributed by atoms with van der Waals surface area (Å²) in [5.74, 6) is 1.54. The van der Waals surface area contributed by atoms with Gasteiger partial charge in [-0.2, -0.15) is 0 Å². The molecule has 1 aliphatic rings. The summed E-state index contributed by atoms with van der Waals surface area (Å²) in [6.07, 6.45) is 1.05. The number of hydrogen-bond acceptors (Lipinski definition) is 8. The molecule has 0 saturated carbocycles. The van der Waals surface area contributed by atoms with Gasteiger partial charge in [-0.3, -0.25) is 10.1 Å². The van der Waals surface area contributed by atoms with Crippen molar-refractivity contribution in [3.63, 3.8) is 0 Å². The standard InChI is InChI=1S/C15H17N3O4S2/c1-3-9(2)23-15-18-17-14(24-15)16-13(19)7-20-10-4-5-11-12(6-10)22-8-21-11/h4-6,9H,3,7-8H2,1-2H3,(H,16,17,19)/t9-/m0/s1. The number of anilines is 1. The number of amides is 1. The summed E-state index contributed by atoms with van der Waals surface area (Å²) in [5.41, 5.74) is 0. The molecule has 2 aromatic rings. The molecular weight excluding hydrogens is 350 g/mol. The molecule has 7 nitrogen and oxygen atoms in total. The second-order valence-electron chi connectivity index (χ2n) is 5.06. The minimum absolute atomic E-state index is 0.118. The first-order chi connectivity index (χ1) is 11.6. The van der Waals surface area contributed by atoms with Crippen molar-refractivity contribution >= 4 is 34.1 Å². The van der Waals surface area contributed by atoms with Crippen molar-refractivity contribution in [3.05, 3.63) is 18.2 Å². The molecule has 1 N–H and O–H groups in total. The van der Waals surface area contributed by atoms with Crippen LogP contribution >= 0.6 is 23.1 Å². The zero-order valence-corrected chi connectivity index (χ0v) is 14.9. The van der Waals surface area contributed by atoms with E-state index in [1.54, 1.807) is 30.0 Å². The van der Waals surface area contributed by atoms with Crippen LogP contribution in [0.25, 0.3) is 0 Å². The first kappa shape index (κ1) is 16.8. The normalized spacial score (nSPS) is 13.6. The Hall–Kier alpha value is -2.00. The van der Waals surface area contributed by atoms with Crippen molar-refractivity contribution in [2.24, 2.45) is 0 Å². The van der Waals surface area contributed by atoms with Crippen LogP contribution in [0, 0.1) is 0 Å². The van der Waals surface area contributed by atoms with E-state index in [2.05, 4.69) is 29.4 Å². The molecule has 128 valence electrons. The lowest BCUT2D eigenvalue weighted by molar-refractivity contribution is -0.118. The van der Waals surface area contributed by atoms with Crippen LogP contribution < -0.4 is 19.5 Å². The van der Waals surface area contributed by atoms with Gasteiger partial charge in [-0.1, -0.05) is 36.9 Å². The molecule has 0 bridgehead atoms. The highest BCUT2D eigenvalue weighted by atomic mass is 32.2. The smallest absolute Gasteiger partial charge is 0.264 e. The zero-order valence-electron chi connectivity index (χ0n) is 13.3. The molecular formula is C15H17N3O4S2. The van der Waals surface area contributed by atoms with E-state index in [4.69, 9.17) is 14.2 Å². The SMILES string of the molecule is CC[C@H](C)Sc1nnc(NC(=O)COc2ccc3c(c2)OCO3)s1. The average Bonchev–Trinajstić information content (AvgIpc) is 3.21. The lowest BCUT2D eigenvalue weighted by Crippen LogP contribution is -2.20. The maximum absolute atomic E-state index is 11.9. The molecule has 1 atom stereocenters. The number of carbonyl (C=O) groups is 1. The second kappa shape index (κ2) is 7.71. The Morgan fingerprint density at radius 2 is 2.25 bits per heavy atom. The van der Waals surface area contributed by atoms with Crippen LogP contribution in [0.5, 0.6) is 17.2 Å². The van der Waals surface area contributed by atoms with Crippen molar-refractivity contribution in [1.29, 1.82) is 0 Å². The number of carbonyl (C=O) groups excluding carboxylic acids is 1. The Bertz CT molecular complexity index is 722. The molecule has 0 saturated heterocycles. The van der Waals surface area contributed by atoms with Crippen LogP contribution in [0.3, 0.4) is 0 Å². The Labute approximate surface area is 147 Å². The Balaban J connectivity index is 1.49. The number of thioether (sulfide) groups is 1. The molecule has 0 fully saturated rings. The monoisotopic (exact) mass is 367 g/mol. The van der Waals surface area contributed by atoms with Gasteiger partial charge in [0.1, 0.15) is 5.75 Å². The minimum Gasteiger partial charge on any atom is -0.484 e. The van der Waals surface area contributed by atoms with E-state index in [-0.39, 0.29) is 19.3 Å². The molecule has 2 heterocycles. The lowest BCUT2D eigenvalue weighted by Gasteiger charge is -2.06. The van der Waals surface area contributed by atoms with Gasteiger partial charge in [-0.05, 0) is 18.6 Å². The summed E-state index contributed by atoms with van der Waals surface area (Å²) < 4.78 is 16.8. The maximum atomic E-state index is 11.9. The van der Waals surface area contributed by atoms with E-state index >= 15 is 0 Å². The largest absolute Gasteiger partial charge is 0.484 e. The number of fused-ring (bicyclic) bond motifs is 1. The van der Waals surface area contributed by atoms with Crippen LogP contribution in [-0.2, 0) is 4.79 Å². The van der Waals surface area contributed by atoms with Crippen molar-refractivity contribution in [2.45, 2.75) is 29.9 Å². The summed E-state index contributed by atoms with van der Waals surface area (Å²) in [4.78, 5) is 11.9. The number of benzene rings is 1. The van der Waals surface area contributed by atoms with Gasteiger partial charge in [0.2, 0.25) is 11.9 Å². The van der Waals surface area contributed by atoms with E-state index in [1.807, 2.05) is 0 Å². The minimum atomic E-state index is -0.288. The Morgan fingerprint density at radius 1 is 1.42 bits per heavy atom. The highest BCUT2D eigenvalue weighted by molar-refractivity contribution is 8.01. The molecule has 0 spiro atoms. The third-order valence-electron chi connectivity index (χ3n) is 3.24. The predicted octanol–water partition coefficient (Wildman–Crippen LogP) is 3.17. The second-order valence-corrected chi connectivity index (χ2v) is 7.72. The zero-order chi connectivity index (χ0) is 16.9. The average molecular weight is 367 g/mol. The first-order valence-electron chi connectivity index (χ1n) is 7.46. The van der Waals surface area contributed by atoms with Crippen LogP contribution in [-0.4, -0.2) is 34.8 Å². The number of hydrogen-bond donors (Lipinski definition) is 1. The summed E-state index contributed by atoms with van der Waals surface area (Å²) >= 11 is 3.01. The van der Waals surface area contributed by atoms with Gasteiger partial charge in [0.25, 0.3) is 5.91 Å². The highest BCUT2D eigenvalue weighted by Gasteiger charge is 2.15. The molecule has 0 unspecified atom stereocenters. The number of rotatable bonds is 7. The first-order valence-corrected chi connectivity index (χ1v) is 9.16. The Morgan fingerprint density at radius 3 is 3.08 bits per heavy atom. The van der Waals surface area contributed by atoms with E-state index in [1.165, 1.54) is 11.3 Å². The predicted molar refractivity (Wildman–Crippen MR) is 92.2 cm³/mol. The summed E-state index contributed by atoms with van der Waals surface area (Å²) in [7, 11) is 0. The van der Waals surface area contributed by atoms with E-state index in [9.17, 15) is 4.79 Å². The highest BCUT2D eigenvalue weighted by Crippen LogP contribution is 2.35. The topological polar surface area (TPSA) is 82.6 Å². The quantitative estimate of drug-likeness (QED) is 0.594. The number of ether oxygens (including phenoxy) is 3. The molecule has 9 heteroatoms. The van der Waals surface area contributed by atoms with E-state index in [0.29, 0.717) is 27.6 Å². The number of nitrogens with one attached hydrogen (secondary N) is 1. The van der Waals surface area contributed by atoms with E-state index in [0.717, 1.165) is 10.8 Å². The van der Waals surface area contributed by atoms with Gasteiger partial charge < -0.3 is 14.2 Å². The third kappa shape index (κ3) is 4.30. The fourth-order valence-corrected chi connectivity index (χ4v) is 3.85. The summed E-state index contributed by atoms with van der Waals surface area (Å²) in [5, 5.41) is 11.7. The van der Waals surface area contributed by atoms with Crippen molar-refractivity contribution in [2.75, 3.05) is 18.7 Å². The maximum Gasteiger partial charge on any atom is 0.264 e.